The molecule has 1 aliphatic carbocycles. The van der Waals surface area contributed by atoms with Crippen LogP contribution in [0.15, 0.2) is 42.5 Å². The Bertz CT molecular complexity index is 964. The molecule has 0 aromatic heterocycles. The molecule has 0 radical (unpaired) electrons. The highest BCUT2D eigenvalue weighted by Gasteiger charge is 2.26. The van der Waals surface area contributed by atoms with Crippen molar-refractivity contribution in [1.82, 2.24) is 16.0 Å². The molecule has 6 nitrogen and oxygen atoms in total. The van der Waals surface area contributed by atoms with Crippen LogP contribution in [-0.4, -0.2) is 38.6 Å². The monoisotopic (exact) mass is 469 g/mol. The standard InChI is InChI=1S/C27H36FN3O3/c1-18(25-11-10-24(28)17-26(25)34-3)29-13-12-20-4-5-23(16-20)21-6-8-22(9-7-21)27(33)31-15-14-30-19(2)32/h6-11,17-18,20,23,29H,4-5,12-16H2,1-3H3,(H,30,32)(H,31,33). The predicted molar refractivity (Wildman–Crippen MR) is 132 cm³/mol. The molecule has 3 N–H and O–H groups in total. The van der Waals surface area contributed by atoms with E-state index in [1.807, 2.05) is 12.1 Å². The molecule has 0 heterocycles. The summed E-state index contributed by atoms with van der Waals surface area (Å²) >= 11 is 0. The molecule has 3 rings (SSSR count). The molecule has 1 saturated carbocycles. The molecular formula is C27H36FN3O3. The molecule has 1 aliphatic rings. The maximum Gasteiger partial charge on any atom is 0.251 e. The molecule has 2 aromatic rings. The van der Waals surface area contributed by atoms with Gasteiger partial charge < -0.3 is 20.7 Å². The van der Waals surface area contributed by atoms with Gasteiger partial charge in [-0.2, -0.15) is 0 Å². The van der Waals surface area contributed by atoms with E-state index in [2.05, 4.69) is 35.0 Å². The molecule has 3 atom stereocenters. The Labute approximate surface area is 201 Å². The first-order valence-electron chi connectivity index (χ1n) is 12.1. The third-order valence-electron chi connectivity index (χ3n) is 6.64. The first kappa shape index (κ1) is 25.7. The summed E-state index contributed by atoms with van der Waals surface area (Å²) in [6.07, 6.45) is 4.61. The number of ether oxygens (including phenoxy) is 1. The van der Waals surface area contributed by atoms with Crippen molar-refractivity contribution in [3.8, 4) is 5.75 Å². The second kappa shape index (κ2) is 12.5. The van der Waals surface area contributed by atoms with Crippen molar-refractivity contribution in [2.45, 2.75) is 51.5 Å². The zero-order chi connectivity index (χ0) is 24.5. The average molecular weight is 470 g/mol. The van der Waals surface area contributed by atoms with E-state index in [1.54, 1.807) is 13.2 Å². The third kappa shape index (κ3) is 7.29. The van der Waals surface area contributed by atoms with E-state index in [9.17, 15) is 14.0 Å². The molecule has 0 aliphatic heterocycles. The highest BCUT2D eigenvalue weighted by molar-refractivity contribution is 5.94. The Kier molecular flexibility index (Phi) is 9.45. The van der Waals surface area contributed by atoms with E-state index in [0.29, 0.717) is 36.2 Å². The largest absolute Gasteiger partial charge is 0.496 e. The van der Waals surface area contributed by atoms with E-state index in [-0.39, 0.29) is 23.7 Å². The molecule has 34 heavy (non-hydrogen) atoms. The Balaban J connectivity index is 1.42. The molecule has 184 valence electrons. The fourth-order valence-electron chi connectivity index (χ4n) is 4.72. The number of benzene rings is 2. The number of carbonyl (C=O) groups is 2. The lowest BCUT2D eigenvalue weighted by atomic mass is 9.94. The molecule has 2 aromatic carbocycles. The van der Waals surface area contributed by atoms with Gasteiger partial charge in [0.25, 0.3) is 5.91 Å². The Morgan fingerprint density at radius 1 is 1.06 bits per heavy atom. The zero-order valence-corrected chi connectivity index (χ0v) is 20.3. The minimum Gasteiger partial charge on any atom is -0.496 e. The van der Waals surface area contributed by atoms with Crippen LogP contribution < -0.4 is 20.7 Å². The summed E-state index contributed by atoms with van der Waals surface area (Å²) in [4.78, 5) is 23.1. The first-order chi connectivity index (χ1) is 16.4. The average Bonchev–Trinajstić information content (AvgIpc) is 3.30. The maximum absolute atomic E-state index is 13.4. The topological polar surface area (TPSA) is 79.5 Å². The van der Waals surface area contributed by atoms with Crippen LogP contribution in [0.1, 0.15) is 73.0 Å². The second-order valence-corrected chi connectivity index (χ2v) is 9.09. The fourth-order valence-corrected chi connectivity index (χ4v) is 4.72. The highest BCUT2D eigenvalue weighted by atomic mass is 19.1. The molecule has 0 bridgehead atoms. The van der Waals surface area contributed by atoms with Gasteiger partial charge in [-0.05, 0) is 74.8 Å². The number of nitrogens with one attached hydrogen (secondary N) is 3. The number of rotatable bonds is 11. The van der Waals surface area contributed by atoms with E-state index in [4.69, 9.17) is 4.74 Å². The molecule has 7 heteroatoms. The normalized spacial score (nSPS) is 18.4. The van der Waals surface area contributed by atoms with Gasteiger partial charge in [0.2, 0.25) is 5.91 Å². The van der Waals surface area contributed by atoms with Crippen molar-refractivity contribution in [3.63, 3.8) is 0 Å². The van der Waals surface area contributed by atoms with E-state index in [1.165, 1.54) is 31.0 Å². The van der Waals surface area contributed by atoms with Crippen LogP contribution in [0.5, 0.6) is 5.75 Å². The fraction of sp³-hybridized carbons (Fsp3) is 0.481. The summed E-state index contributed by atoms with van der Waals surface area (Å²) in [6, 6.07) is 12.7. The number of carbonyl (C=O) groups excluding carboxylic acids is 2. The van der Waals surface area contributed by atoms with Crippen molar-refractivity contribution < 1.29 is 18.7 Å². The lowest BCUT2D eigenvalue weighted by molar-refractivity contribution is -0.118. The van der Waals surface area contributed by atoms with Crippen molar-refractivity contribution in [3.05, 3.63) is 65.0 Å². The van der Waals surface area contributed by atoms with Gasteiger partial charge in [-0.15, -0.1) is 0 Å². The van der Waals surface area contributed by atoms with Crippen LogP contribution in [0.25, 0.3) is 0 Å². The first-order valence-corrected chi connectivity index (χ1v) is 12.1. The van der Waals surface area contributed by atoms with E-state index in [0.717, 1.165) is 31.4 Å². The van der Waals surface area contributed by atoms with Gasteiger partial charge in [0, 0.05) is 43.2 Å². The molecule has 0 saturated heterocycles. The molecule has 1 fully saturated rings. The minimum atomic E-state index is -0.291. The van der Waals surface area contributed by atoms with E-state index >= 15 is 0 Å². The zero-order valence-electron chi connectivity index (χ0n) is 20.3. The summed E-state index contributed by atoms with van der Waals surface area (Å²) in [5.41, 5.74) is 2.89. The van der Waals surface area contributed by atoms with Gasteiger partial charge in [0.05, 0.1) is 7.11 Å². The van der Waals surface area contributed by atoms with Crippen LogP contribution in [0, 0.1) is 11.7 Å². The van der Waals surface area contributed by atoms with Crippen molar-refractivity contribution in [2.75, 3.05) is 26.7 Å². The summed E-state index contributed by atoms with van der Waals surface area (Å²) in [5.74, 6) is 1.24. The minimum absolute atomic E-state index is 0.0877. The molecule has 3 unspecified atom stereocenters. The van der Waals surface area contributed by atoms with Crippen LogP contribution >= 0.6 is 0 Å². The lowest BCUT2D eigenvalue weighted by Gasteiger charge is -2.19. The van der Waals surface area contributed by atoms with Crippen molar-refractivity contribution >= 4 is 11.8 Å². The Morgan fingerprint density at radius 3 is 2.50 bits per heavy atom. The summed E-state index contributed by atoms with van der Waals surface area (Å²) in [5, 5.41) is 9.03. The van der Waals surface area contributed by atoms with Gasteiger partial charge in [-0.1, -0.05) is 18.2 Å². The Hall–Kier alpha value is -2.93. The number of methoxy groups -OCH3 is 1. The van der Waals surface area contributed by atoms with Crippen LogP contribution in [0.2, 0.25) is 0 Å². The van der Waals surface area contributed by atoms with Crippen molar-refractivity contribution in [1.29, 1.82) is 0 Å². The Morgan fingerprint density at radius 2 is 1.79 bits per heavy atom. The predicted octanol–water partition coefficient (Wildman–Crippen LogP) is 4.32. The third-order valence-corrected chi connectivity index (χ3v) is 6.64. The highest BCUT2D eigenvalue weighted by Crippen LogP contribution is 2.39. The van der Waals surface area contributed by atoms with Crippen LogP contribution in [-0.2, 0) is 4.79 Å². The summed E-state index contributed by atoms with van der Waals surface area (Å²) < 4.78 is 18.8. The van der Waals surface area contributed by atoms with Crippen LogP contribution in [0.4, 0.5) is 4.39 Å². The number of hydrogen-bond donors (Lipinski definition) is 3. The smallest absolute Gasteiger partial charge is 0.251 e. The van der Waals surface area contributed by atoms with Crippen molar-refractivity contribution in [2.24, 2.45) is 5.92 Å². The number of hydrogen-bond acceptors (Lipinski definition) is 4. The van der Waals surface area contributed by atoms with E-state index < -0.39 is 0 Å². The van der Waals surface area contributed by atoms with Gasteiger partial charge in [-0.3, -0.25) is 9.59 Å². The summed E-state index contributed by atoms with van der Waals surface area (Å²) in [6.45, 7) is 5.26. The van der Waals surface area contributed by atoms with Gasteiger partial charge in [0.1, 0.15) is 11.6 Å². The van der Waals surface area contributed by atoms with Crippen LogP contribution in [0.3, 0.4) is 0 Å². The lowest BCUT2D eigenvalue weighted by Crippen LogP contribution is -2.33. The SMILES string of the molecule is COc1cc(F)ccc1C(C)NCCC1CCC(c2ccc(C(=O)NCCNC(C)=O)cc2)C1. The number of halogens is 1. The number of amides is 2. The maximum atomic E-state index is 13.4. The van der Waals surface area contributed by atoms with Gasteiger partial charge in [-0.25, -0.2) is 4.39 Å². The summed E-state index contributed by atoms with van der Waals surface area (Å²) in [7, 11) is 1.57. The van der Waals surface area contributed by atoms with Gasteiger partial charge in [0.15, 0.2) is 0 Å². The molecule has 0 spiro atoms. The molecule has 2 amide bonds. The quantitative estimate of drug-likeness (QED) is 0.428. The second-order valence-electron chi connectivity index (χ2n) is 9.09. The van der Waals surface area contributed by atoms with Gasteiger partial charge >= 0.3 is 0 Å². The molecular weight excluding hydrogens is 433 g/mol.